The summed E-state index contributed by atoms with van der Waals surface area (Å²) < 4.78 is 1.85. The molecule has 3 rings (SSSR count). The van der Waals surface area contributed by atoms with E-state index in [1.807, 2.05) is 4.68 Å². The molecule has 0 unspecified atom stereocenters. The molecule has 1 heterocycles. The molecular weight excluding hydrogens is 270 g/mol. The van der Waals surface area contributed by atoms with Gasteiger partial charge in [-0.2, -0.15) is 5.26 Å². The van der Waals surface area contributed by atoms with Gasteiger partial charge in [0.1, 0.15) is 5.25 Å². The smallest absolute Gasteiger partial charge is 0.210 e. The number of thioether (sulfide) groups is 1. The Bertz CT molecular complexity index is 624. The van der Waals surface area contributed by atoms with Gasteiger partial charge < -0.3 is 0 Å². The number of rotatable bonds is 5. The highest BCUT2D eigenvalue weighted by atomic mass is 32.2. The van der Waals surface area contributed by atoms with Crippen molar-refractivity contribution in [3.8, 4) is 6.07 Å². The van der Waals surface area contributed by atoms with Gasteiger partial charge in [0.05, 0.1) is 12.1 Å². The Morgan fingerprint density at radius 3 is 2.80 bits per heavy atom. The second-order valence-electron chi connectivity index (χ2n) is 5.06. The van der Waals surface area contributed by atoms with E-state index in [9.17, 15) is 5.26 Å². The lowest BCUT2D eigenvalue weighted by molar-refractivity contribution is 0.565. The monoisotopic (exact) mass is 285 g/mol. The highest BCUT2D eigenvalue weighted by Crippen LogP contribution is 2.37. The maximum Gasteiger partial charge on any atom is 0.210 e. The molecule has 1 fully saturated rings. The molecule has 1 aromatic carbocycles. The molecular formula is C14H15N5S. The van der Waals surface area contributed by atoms with Gasteiger partial charge in [0, 0.05) is 0 Å². The first-order valence-corrected chi connectivity index (χ1v) is 7.54. The lowest BCUT2D eigenvalue weighted by Gasteiger charge is -2.08. The summed E-state index contributed by atoms with van der Waals surface area (Å²) in [6.45, 7) is 2.06. The standard InChI is InChI=1S/C14H15N5S/c1-10-2-4-11(5-3-10)8-13(9-15)20-14-16-17-18-19(14)12-6-7-12/h2-5,12-13H,6-8H2,1H3/t13-/m0/s1. The third-order valence-corrected chi connectivity index (χ3v) is 4.32. The van der Waals surface area contributed by atoms with Crippen molar-refractivity contribution in [2.75, 3.05) is 0 Å². The van der Waals surface area contributed by atoms with Crippen molar-refractivity contribution in [2.24, 2.45) is 0 Å². The van der Waals surface area contributed by atoms with Crippen molar-refractivity contribution >= 4 is 11.8 Å². The fourth-order valence-corrected chi connectivity index (χ4v) is 2.95. The quantitative estimate of drug-likeness (QED) is 0.790. The van der Waals surface area contributed by atoms with E-state index < -0.39 is 0 Å². The number of aryl methyl sites for hydroxylation is 1. The fraction of sp³-hybridized carbons (Fsp3) is 0.429. The van der Waals surface area contributed by atoms with Crippen LogP contribution in [0.5, 0.6) is 0 Å². The zero-order chi connectivity index (χ0) is 13.9. The molecule has 0 bridgehead atoms. The molecule has 1 saturated carbocycles. The van der Waals surface area contributed by atoms with Crippen LogP contribution in [0.2, 0.25) is 0 Å². The number of tetrazole rings is 1. The second kappa shape index (κ2) is 5.63. The van der Waals surface area contributed by atoms with E-state index in [1.165, 1.54) is 22.9 Å². The molecule has 102 valence electrons. The Hall–Kier alpha value is -1.87. The summed E-state index contributed by atoms with van der Waals surface area (Å²) in [5.74, 6) is 0. The van der Waals surface area contributed by atoms with Gasteiger partial charge in [-0.05, 0) is 42.2 Å². The molecule has 1 aliphatic carbocycles. The van der Waals surface area contributed by atoms with Crippen LogP contribution in [-0.2, 0) is 6.42 Å². The molecule has 0 spiro atoms. The van der Waals surface area contributed by atoms with Gasteiger partial charge in [0.15, 0.2) is 0 Å². The van der Waals surface area contributed by atoms with Crippen LogP contribution >= 0.6 is 11.8 Å². The van der Waals surface area contributed by atoms with Crippen molar-refractivity contribution in [1.29, 1.82) is 5.26 Å². The van der Waals surface area contributed by atoms with E-state index >= 15 is 0 Å². The highest BCUT2D eigenvalue weighted by Gasteiger charge is 2.29. The summed E-state index contributed by atoms with van der Waals surface area (Å²) in [6.07, 6.45) is 2.97. The Kier molecular flexibility index (Phi) is 3.70. The third kappa shape index (κ3) is 2.99. The summed E-state index contributed by atoms with van der Waals surface area (Å²) >= 11 is 1.46. The number of hydrogen-bond donors (Lipinski definition) is 0. The minimum atomic E-state index is -0.166. The normalized spacial score (nSPS) is 15.8. The molecule has 5 nitrogen and oxygen atoms in total. The zero-order valence-corrected chi connectivity index (χ0v) is 12.0. The van der Waals surface area contributed by atoms with Gasteiger partial charge in [-0.25, -0.2) is 4.68 Å². The first-order valence-electron chi connectivity index (χ1n) is 6.66. The van der Waals surface area contributed by atoms with Crippen molar-refractivity contribution in [2.45, 2.75) is 42.6 Å². The molecule has 1 aliphatic rings. The second-order valence-corrected chi connectivity index (χ2v) is 6.23. The molecule has 0 radical (unpaired) electrons. The highest BCUT2D eigenvalue weighted by molar-refractivity contribution is 8.00. The fourth-order valence-electron chi connectivity index (χ4n) is 1.99. The van der Waals surface area contributed by atoms with E-state index in [0.717, 1.165) is 18.0 Å². The Morgan fingerprint density at radius 1 is 1.40 bits per heavy atom. The summed E-state index contributed by atoms with van der Waals surface area (Å²) in [5, 5.41) is 21.7. The SMILES string of the molecule is Cc1ccc(C[C@@H](C#N)Sc2nnnn2C2CC2)cc1. The number of aromatic nitrogens is 4. The molecule has 1 aromatic heterocycles. The number of hydrogen-bond acceptors (Lipinski definition) is 5. The third-order valence-electron chi connectivity index (χ3n) is 3.29. The van der Waals surface area contributed by atoms with Crippen LogP contribution in [0.1, 0.15) is 30.0 Å². The van der Waals surface area contributed by atoms with Crippen LogP contribution in [0.15, 0.2) is 29.4 Å². The van der Waals surface area contributed by atoms with Crippen LogP contribution in [0.3, 0.4) is 0 Å². The van der Waals surface area contributed by atoms with Gasteiger partial charge in [0.25, 0.3) is 0 Å². The van der Waals surface area contributed by atoms with Gasteiger partial charge in [-0.3, -0.25) is 0 Å². The molecule has 20 heavy (non-hydrogen) atoms. The van der Waals surface area contributed by atoms with Gasteiger partial charge in [-0.15, -0.1) is 5.10 Å². The maximum absolute atomic E-state index is 9.34. The Morgan fingerprint density at radius 2 is 2.15 bits per heavy atom. The van der Waals surface area contributed by atoms with Crippen LogP contribution < -0.4 is 0 Å². The molecule has 0 aliphatic heterocycles. The largest absolute Gasteiger partial charge is 0.217 e. The van der Waals surface area contributed by atoms with E-state index in [4.69, 9.17) is 0 Å². The topological polar surface area (TPSA) is 67.4 Å². The van der Waals surface area contributed by atoms with Crippen LogP contribution in [0, 0.1) is 18.3 Å². The first-order chi connectivity index (χ1) is 9.76. The molecule has 0 N–H and O–H groups in total. The van der Waals surface area contributed by atoms with Crippen LogP contribution in [0.25, 0.3) is 0 Å². The van der Waals surface area contributed by atoms with Crippen LogP contribution in [0.4, 0.5) is 0 Å². The average molecular weight is 285 g/mol. The summed E-state index contributed by atoms with van der Waals surface area (Å²) in [5.41, 5.74) is 2.40. The van der Waals surface area contributed by atoms with Crippen molar-refractivity contribution in [1.82, 2.24) is 20.2 Å². The van der Waals surface area contributed by atoms with E-state index in [-0.39, 0.29) is 5.25 Å². The number of nitrogens with zero attached hydrogens (tertiary/aromatic N) is 5. The van der Waals surface area contributed by atoms with E-state index in [1.54, 1.807) is 0 Å². The minimum absolute atomic E-state index is 0.166. The lowest BCUT2D eigenvalue weighted by atomic mass is 10.1. The summed E-state index contributed by atoms with van der Waals surface area (Å²) in [7, 11) is 0. The van der Waals surface area contributed by atoms with Gasteiger partial charge >= 0.3 is 0 Å². The van der Waals surface area contributed by atoms with Crippen molar-refractivity contribution in [3.63, 3.8) is 0 Å². The Balaban J connectivity index is 1.69. The minimum Gasteiger partial charge on any atom is -0.217 e. The lowest BCUT2D eigenvalue weighted by Crippen LogP contribution is -2.07. The predicted molar refractivity (Wildman–Crippen MR) is 76.2 cm³/mol. The van der Waals surface area contributed by atoms with E-state index in [2.05, 4.69) is 52.8 Å². The molecule has 0 saturated heterocycles. The van der Waals surface area contributed by atoms with Crippen molar-refractivity contribution < 1.29 is 0 Å². The molecule has 1 atom stereocenters. The first kappa shape index (κ1) is 13.1. The molecule has 6 heteroatoms. The molecule has 0 amide bonds. The van der Waals surface area contributed by atoms with Gasteiger partial charge in [-0.1, -0.05) is 41.6 Å². The Labute approximate surface area is 122 Å². The molecule has 2 aromatic rings. The predicted octanol–water partition coefficient (Wildman–Crippen LogP) is 2.54. The van der Waals surface area contributed by atoms with Crippen molar-refractivity contribution in [3.05, 3.63) is 35.4 Å². The van der Waals surface area contributed by atoms with E-state index in [0.29, 0.717) is 12.5 Å². The number of nitriles is 1. The zero-order valence-electron chi connectivity index (χ0n) is 11.2. The average Bonchev–Trinajstić information content (AvgIpc) is 3.20. The maximum atomic E-state index is 9.34. The van der Waals surface area contributed by atoms with Gasteiger partial charge in [0.2, 0.25) is 5.16 Å². The van der Waals surface area contributed by atoms with Crippen LogP contribution in [-0.4, -0.2) is 25.5 Å². The summed E-state index contributed by atoms with van der Waals surface area (Å²) in [4.78, 5) is 0. The summed E-state index contributed by atoms with van der Waals surface area (Å²) in [6, 6.07) is 11.1. The number of benzene rings is 1.